The highest BCUT2D eigenvalue weighted by Gasteiger charge is 2.74. The molecule has 2 fully saturated rings. The molecule has 2 amide bonds. The third-order valence-electron chi connectivity index (χ3n) is 6.75. The van der Waals surface area contributed by atoms with E-state index in [2.05, 4.69) is 0 Å². The summed E-state index contributed by atoms with van der Waals surface area (Å²) in [4.78, 5) is 55.9. The maximum Gasteiger partial charge on any atom is 0.241 e. The van der Waals surface area contributed by atoms with Crippen LogP contribution in [0.1, 0.15) is 32.4 Å². The molecular formula is C26H15Cl2NO5. The molecule has 2 heterocycles. The molecule has 6 nitrogen and oxygen atoms in total. The minimum atomic E-state index is -2.11. The summed E-state index contributed by atoms with van der Waals surface area (Å²) in [7, 11) is 0. The lowest BCUT2D eigenvalue weighted by molar-refractivity contribution is -0.127. The number of Topliss-reactive ketones (excluding diaryl/α,β-unsaturated/α-hetero) is 2. The van der Waals surface area contributed by atoms with Gasteiger partial charge in [0.15, 0.2) is 0 Å². The summed E-state index contributed by atoms with van der Waals surface area (Å²) in [5, 5.41) is 0.484. The number of ketones is 2. The number of ether oxygens (including phenoxy) is 1. The van der Waals surface area contributed by atoms with Crippen molar-refractivity contribution in [3.63, 3.8) is 0 Å². The second kappa shape index (κ2) is 7.34. The molecule has 0 unspecified atom stereocenters. The Morgan fingerprint density at radius 1 is 0.735 bits per heavy atom. The van der Waals surface area contributed by atoms with Crippen molar-refractivity contribution < 1.29 is 23.9 Å². The maximum atomic E-state index is 13.8. The van der Waals surface area contributed by atoms with Crippen molar-refractivity contribution in [2.45, 2.75) is 11.7 Å². The number of carbonyl (C=O) groups excluding carboxylic acids is 4. The fraction of sp³-hybridized carbons (Fsp3) is 0.154. The molecule has 34 heavy (non-hydrogen) atoms. The SMILES string of the molecule is O=C1[C@H]2[C@@H](c3ccccc3)OC3(C(=O)c4ccccc4C3=O)[C@H]2C(=O)N1c1cc(Cl)cc(Cl)c1. The van der Waals surface area contributed by atoms with Crippen molar-refractivity contribution >= 4 is 52.3 Å². The lowest BCUT2D eigenvalue weighted by Crippen LogP contribution is -2.51. The van der Waals surface area contributed by atoms with E-state index in [4.69, 9.17) is 27.9 Å². The van der Waals surface area contributed by atoms with Crippen LogP contribution in [0.2, 0.25) is 10.0 Å². The fourth-order valence-corrected chi connectivity index (χ4v) is 5.90. The van der Waals surface area contributed by atoms with Gasteiger partial charge in [-0.1, -0.05) is 77.8 Å². The van der Waals surface area contributed by atoms with E-state index in [1.165, 1.54) is 30.3 Å². The van der Waals surface area contributed by atoms with Crippen LogP contribution in [0.3, 0.4) is 0 Å². The molecule has 2 aliphatic heterocycles. The predicted molar refractivity (Wildman–Crippen MR) is 124 cm³/mol. The van der Waals surface area contributed by atoms with E-state index in [0.29, 0.717) is 5.56 Å². The van der Waals surface area contributed by atoms with Gasteiger partial charge in [0.25, 0.3) is 0 Å². The van der Waals surface area contributed by atoms with Gasteiger partial charge >= 0.3 is 0 Å². The van der Waals surface area contributed by atoms with Crippen molar-refractivity contribution in [1.82, 2.24) is 0 Å². The van der Waals surface area contributed by atoms with Gasteiger partial charge in [-0.25, -0.2) is 4.90 Å². The average Bonchev–Trinajstić information content (AvgIpc) is 3.39. The number of nitrogens with zero attached hydrogens (tertiary/aromatic N) is 1. The van der Waals surface area contributed by atoms with Crippen LogP contribution in [-0.2, 0) is 14.3 Å². The predicted octanol–water partition coefficient (Wildman–Crippen LogP) is 4.69. The summed E-state index contributed by atoms with van der Waals surface area (Å²) in [6.45, 7) is 0. The van der Waals surface area contributed by atoms with Gasteiger partial charge in [-0.15, -0.1) is 0 Å². The number of benzene rings is 3. The summed E-state index contributed by atoms with van der Waals surface area (Å²) >= 11 is 12.3. The zero-order chi connectivity index (χ0) is 23.8. The Bertz CT molecular complexity index is 1360. The Kier molecular flexibility index (Phi) is 4.58. The average molecular weight is 492 g/mol. The molecule has 1 aliphatic carbocycles. The van der Waals surface area contributed by atoms with Gasteiger partial charge in [0.2, 0.25) is 29.0 Å². The molecule has 0 saturated carbocycles. The van der Waals surface area contributed by atoms with Crippen LogP contribution in [0, 0.1) is 11.8 Å². The summed E-state index contributed by atoms with van der Waals surface area (Å²) in [6, 6.07) is 19.6. The number of hydrogen-bond acceptors (Lipinski definition) is 5. The monoisotopic (exact) mass is 491 g/mol. The zero-order valence-corrected chi connectivity index (χ0v) is 18.9. The van der Waals surface area contributed by atoms with Gasteiger partial charge in [0, 0.05) is 21.2 Å². The van der Waals surface area contributed by atoms with Crippen LogP contribution in [0.25, 0.3) is 0 Å². The van der Waals surface area contributed by atoms with Crippen LogP contribution in [0.4, 0.5) is 5.69 Å². The molecule has 0 N–H and O–H groups in total. The number of anilines is 1. The van der Waals surface area contributed by atoms with Crippen molar-refractivity contribution in [3.05, 3.63) is 99.5 Å². The van der Waals surface area contributed by atoms with Gasteiger partial charge in [-0.3, -0.25) is 19.2 Å². The Balaban J connectivity index is 1.56. The molecule has 3 aliphatic rings. The van der Waals surface area contributed by atoms with E-state index in [9.17, 15) is 19.2 Å². The molecule has 3 aromatic carbocycles. The molecule has 0 bridgehead atoms. The number of imide groups is 1. The topological polar surface area (TPSA) is 80.8 Å². The lowest BCUT2D eigenvalue weighted by atomic mass is 9.77. The van der Waals surface area contributed by atoms with E-state index in [1.807, 2.05) is 0 Å². The van der Waals surface area contributed by atoms with E-state index in [-0.39, 0.29) is 26.9 Å². The van der Waals surface area contributed by atoms with Gasteiger partial charge in [0.1, 0.15) is 0 Å². The van der Waals surface area contributed by atoms with Crippen LogP contribution in [-0.4, -0.2) is 29.0 Å². The number of halogens is 2. The van der Waals surface area contributed by atoms with E-state index in [1.54, 1.807) is 42.5 Å². The quantitative estimate of drug-likeness (QED) is 0.383. The number of hydrogen-bond donors (Lipinski definition) is 0. The normalized spacial score (nSPS) is 24.8. The molecule has 3 atom stereocenters. The summed E-state index contributed by atoms with van der Waals surface area (Å²) in [5.41, 5.74) is -0.968. The van der Waals surface area contributed by atoms with Gasteiger partial charge in [-0.05, 0) is 23.8 Å². The van der Waals surface area contributed by atoms with E-state index < -0.39 is 46.9 Å². The first kappa shape index (κ1) is 21.2. The highest BCUT2D eigenvalue weighted by atomic mass is 35.5. The Labute approximate surface area is 204 Å². The van der Waals surface area contributed by atoms with Gasteiger partial charge < -0.3 is 4.74 Å². The smallest absolute Gasteiger partial charge is 0.241 e. The van der Waals surface area contributed by atoms with E-state index in [0.717, 1.165) is 4.90 Å². The molecule has 0 radical (unpaired) electrons. The highest BCUT2D eigenvalue weighted by molar-refractivity contribution is 6.38. The third-order valence-corrected chi connectivity index (χ3v) is 7.19. The molecule has 168 valence electrons. The third kappa shape index (κ3) is 2.67. The first-order valence-electron chi connectivity index (χ1n) is 10.6. The molecule has 6 rings (SSSR count). The standard InChI is InChI=1S/C26H15Cl2NO5/c27-14-10-15(28)12-16(11-14)29-24(32)19-20(25(29)33)26(34-21(19)13-6-2-1-3-7-13)22(30)17-8-4-5-9-18(17)23(26)31/h1-12,19-21H/t19-,20-,21-/m1/s1. The van der Waals surface area contributed by atoms with Gasteiger partial charge in [0.05, 0.1) is 23.6 Å². The highest BCUT2D eigenvalue weighted by Crippen LogP contribution is 2.57. The minimum Gasteiger partial charge on any atom is -0.349 e. The number of amides is 2. The largest absolute Gasteiger partial charge is 0.349 e. The molecule has 1 spiro atoms. The van der Waals surface area contributed by atoms with Crippen LogP contribution >= 0.6 is 23.2 Å². The second-order valence-electron chi connectivity index (χ2n) is 8.53. The van der Waals surface area contributed by atoms with Crippen molar-refractivity contribution in [2.24, 2.45) is 11.8 Å². The summed E-state index contributed by atoms with van der Waals surface area (Å²) in [5.74, 6) is -4.87. The lowest BCUT2D eigenvalue weighted by Gasteiger charge is -2.27. The van der Waals surface area contributed by atoms with Crippen LogP contribution in [0.5, 0.6) is 0 Å². The number of fused-ring (bicyclic) bond motifs is 3. The zero-order valence-electron chi connectivity index (χ0n) is 17.4. The first-order chi connectivity index (χ1) is 16.3. The van der Waals surface area contributed by atoms with Crippen molar-refractivity contribution in [2.75, 3.05) is 4.90 Å². The second-order valence-corrected chi connectivity index (χ2v) is 9.40. The Hall–Kier alpha value is -3.32. The van der Waals surface area contributed by atoms with Crippen LogP contribution < -0.4 is 4.90 Å². The van der Waals surface area contributed by atoms with Crippen LogP contribution in [0.15, 0.2) is 72.8 Å². The Morgan fingerprint density at radius 2 is 1.29 bits per heavy atom. The maximum absolute atomic E-state index is 13.8. The van der Waals surface area contributed by atoms with E-state index >= 15 is 0 Å². The molecule has 0 aromatic heterocycles. The Morgan fingerprint density at radius 3 is 1.88 bits per heavy atom. The molecular weight excluding hydrogens is 477 g/mol. The fourth-order valence-electron chi connectivity index (χ4n) is 5.38. The first-order valence-corrected chi connectivity index (χ1v) is 11.4. The summed E-state index contributed by atoms with van der Waals surface area (Å²) < 4.78 is 6.22. The minimum absolute atomic E-state index is 0.180. The van der Waals surface area contributed by atoms with Crippen molar-refractivity contribution in [1.29, 1.82) is 0 Å². The molecule has 2 saturated heterocycles. The van der Waals surface area contributed by atoms with Crippen molar-refractivity contribution in [3.8, 4) is 0 Å². The summed E-state index contributed by atoms with van der Waals surface area (Å²) in [6.07, 6.45) is -0.968. The van der Waals surface area contributed by atoms with Gasteiger partial charge in [-0.2, -0.15) is 0 Å². The number of rotatable bonds is 2. The number of carbonyl (C=O) groups is 4. The molecule has 8 heteroatoms. The molecule has 3 aromatic rings.